The lowest BCUT2D eigenvalue weighted by Gasteiger charge is -2.27. The van der Waals surface area contributed by atoms with E-state index in [0.29, 0.717) is 16.9 Å². The Labute approximate surface area is 120 Å². The predicted molar refractivity (Wildman–Crippen MR) is 74.1 cm³/mol. The molecule has 1 fully saturated rings. The summed E-state index contributed by atoms with van der Waals surface area (Å²) in [5.74, 6) is -0.357. The predicted octanol–water partition coefficient (Wildman–Crippen LogP) is -0.737. The summed E-state index contributed by atoms with van der Waals surface area (Å²) in [5, 5.41) is 29.2. The molecule has 0 aliphatic carbocycles. The summed E-state index contributed by atoms with van der Waals surface area (Å²) >= 11 is 0. The average molecular weight is 294 g/mol. The number of nitrogen functional groups attached to an aromatic ring is 1. The van der Waals surface area contributed by atoms with Gasteiger partial charge < -0.3 is 25.8 Å². The maximum absolute atomic E-state index is 10.3. The first-order chi connectivity index (χ1) is 10.0. The van der Waals surface area contributed by atoms with Crippen molar-refractivity contribution in [1.82, 2.24) is 14.5 Å². The molecule has 1 aliphatic rings. The van der Waals surface area contributed by atoms with Crippen molar-refractivity contribution in [2.75, 3.05) is 18.9 Å². The van der Waals surface area contributed by atoms with Crippen LogP contribution in [-0.2, 0) is 4.74 Å². The molecular weight excluding hydrogens is 276 g/mol. The number of hydrogen-bond donors (Lipinski definition) is 4. The molecule has 0 bridgehead atoms. The van der Waals surface area contributed by atoms with Gasteiger partial charge in [0.2, 0.25) is 0 Å². The van der Waals surface area contributed by atoms with Crippen molar-refractivity contribution in [3.63, 3.8) is 0 Å². The first kappa shape index (κ1) is 14.2. The molecule has 0 radical (unpaired) electrons. The monoisotopic (exact) mass is 294 g/mol. The number of fused-ring (bicyclic) bond motifs is 1. The molecule has 8 heteroatoms. The summed E-state index contributed by atoms with van der Waals surface area (Å²) in [6.45, 7) is 0.821. The molecule has 114 valence electrons. The summed E-state index contributed by atoms with van der Waals surface area (Å²) in [6.07, 6.45) is 1.50. The second-order valence-corrected chi connectivity index (χ2v) is 5.42. The molecule has 3 heterocycles. The fourth-order valence-electron chi connectivity index (χ4n) is 2.81. The molecule has 21 heavy (non-hydrogen) atoms. The van der Waals surface area contributed by atoms with E-state index in [-0.39, 0.29) is 5.92 Å². The van der Waals surface area contributed by atoms with E-state index < -0.39 is 31.1 Å². The van der Waals surface area contributed by atoms with Gasteiger partial charge in [-0.25, -0.2) is 9.97 Å². The second-order valence-electron chi connectivity index (χ2n) is 5.42. The highest BCUT2D eigenvalue weighted by Crippen LogP contribution is 2.42. The lowest BCUT2D eigenvalue weighted by molar-refractivity contribution is -0.149. The second kappa shape index (κ2) is 4.92. The maximum atomic E-state index is 10.3. The lowest BCUT2D eigenvalue weighted by atomic mass is 9.92. The maximum Gasteiger partial charge on any atom is 0.164 e. The van der Waals surface area contributed by atoms with Crippen LogP contribution in [0.25, 0.3) is 11.2 Å². The van der Waals surface area contributed by atoms with E-state index in [1.54, 1.807) is 23.8 Å². The third-order valence-corrected chi connectivity index (χ3v) is 4.14. The van der Waals surface area contributed by atoms with Crippen molar-refractivity contribution < 1.29 is 20.1 Å². The fraction of sp³-hybridized carbons (Fsp3) is 0.538. The van der Waals surface area contributed by atoms with Crippen molar-refractivity contribution in [3.8, 4) is 0 Å². The van der Waals surface area contributed by atoms with E-state index in [2.05, 4.69) is 9.97 Å². The van der Waals surface area contributed by atoms with E-state index in [0.717, 1.165) is 0 Å². The van der Waals surface area contributed by atoms with Gasteiger partial charge >= 0.3 is 0 Å². The third kappa shape index (κ3) is 1.91. The van der Waals surface area contributed by atoms with Gasteiger partial charge in [0.1, 0.15) is 17.3 Å². The minimum absolute atomic E-state index is 0.357. The van der Waals surface area contributed by atoms with Crippen molar-refractivity contribution in [3.05, 3.63) is 18.6 Å². The lowest BCUT2D eigenvalue weighted by Crippen LogP contribution is -2.47. The number of hydrogen-bond acceptors (Lipinski definition) is 7. The molecular formula is C13H18N4O4. The molecule has 2 aromatic rings. The van der Waals surface area contributed by atoms with Crippen molar-refractivity contribution in [1.29, 1.82) is 0 Å². The molecule has 5 N–H and O–H groups in total. The summed E-state index contributed by atoms with van der Waals surface area (Å²) in [7, 11) is 0. The number of aliphatic hydroxyl groups is 3. The number of nitrogens with two attached hydrogens (primary N) is 1. The van der Waals surface area contributed by atoms with Gasteiger partial charge in [0.15, 0.2) is 5.65 Å². The normalized spacial score (nSPS) is 28.3. The van der Waals surface area contributed by atoms with Crippen LogP contribution in [0, 0.1) is 5.92 Å². The van der Waals surface area contributed by atoms with Crippen LogP contribution in [0.15, 0.2) is 18.6 Å². The molecule has 1 aliphatic heterocycles. The number of rotatable bonds is 3. The van der Waals surface area contributed by atoms with Crippen LogP contribution < -0.4 is 5.73 Å². The van der Waals surface area contributed by atoms with E-state index >= 15 is 0 Å². The molecule has 8 nitrogen and oxygen atoms in total. The van der Waals surface area contributed by atoms with E-state index in [9.17, 15) is 15.3 Å². The van der Waals surface area contributed by atoms with Crippen molar-refractivity contribution in [2.24, 2.45) is 5.92 Å². The smallest absolute Gasteiger partial charge is 0.164 e. The van der Waals surface area contributed by atoms with Crippen LogP contribution in [0.5, 0.6) is 0 Å². The van der Waals surface area contributed by atoms with Gasteiger partial charge in [-0.3, -0.25) is 4.57 Å². The minimum Gasteiger partial charge on any atom is -0.397 e. The van der Waals surface area contributed by atoms with Gasteiger partial charge in [0.25, 0.3) is 0 Å². The molecule has 0 unspecified atom stereocenters. The zero-order chi connectivity index (χ0) is 15.2. The first-order valence-corrected chi connectivity index (χ1v) is 6.68. The number of pyridine rings is 1. The fourth-order valence-corrected chi connectivity index (χ4v) is 2.81. The first-order valence-electron chi connectivity index (χ1n) is 6.68. The Hall–Kier alpha value is -1.74. The standard InChI is InChI=1S/C13H18N4O4/c1-7-10(20)13(4-18,5-19)21-12(7)17-6-16-9-8(14)2-3-15-11(9)17/h2-3,6-7,10,12,18-20H,4-5H2,1H3,(H2,14,15)/t7-,10-,12+/m0/s1. The number of aliphatic hydroxyl groups excluding tert-OH is 3. The minimum atomic E-state index is -1.39. The van der Waals surface area contributed by atoms with Crippen LogP contribution in [0.2, 0.25) is 0 Å². The zero-order valence-electron chi connectivity index (χ0n) is 11.5. The summed E-state index contributed by atoms with van der Waals surface area (Å²) in [6, 6.07) is 1.65. The molecule has 0 aromatic carbocycles. The number of nitrogens with zero attached hydrogens (tertiary/aromatic N) is 3. The van der Waals surface area contributed by atoms with Gasteiger partial charge in [0.05, 0.1) is 31.3 Å². The number of anilines is 1. The van der Waals surface area contributed by atoms with E-state index in [1.165, 1.54) is 6.33 Å². The molecule has 1 saturated heterocycles. The Morgan fingerprint density at radius 1 is 1.38 bits per heavy atom. The largest absolute Gasteiger partial charge is 0.397 e. The highest BCUT2D eigenvalue weighted by Gasteiger charge is 2.53. The van der Waals surface area contributed by atoms with Crippen LogP contribution >= 0.6 is 0 Å². The Kier molecular flexibility index (Phi) is 3.33. The van der Waals surface area contributed by atoms with Gasteiger partial charge in [-0.2, -0.15) is 0 Å². The molecule has 2 aromatic heterocycles. The summed E-state index contributed by atoms with van der Waals surface area (Å²) < 4.78 is 7.42. The average Bonchev–Trinajstić information content (AvgIpc) is 3.02. The number of aromatic nitrogens is 3. The van der Waals surface area contributed by atoms with Crippen molar-refractivity contribution in [2.45, 2.75) is 24.9 Å². The highest BCUT2D eigenvalue weighted by molar-refractivity contribution is 5.83. The highest BCUT2D eigenvalue weighted by atomic mass is 16.6. The summed E-state index contributed by atoms with van der Waals surface area (Å²) in [4.78, 5) is 8.45. The SMILES string of the molecule is C[C@@H]1[C@H](n2cnc3c(N)ccnc32)OC(CO)(CO)[C@H]1O. The van der Waals surface area contributed by atoms with Gasteiger partial charge in [-0.05, 0) is 6.07 Å². The van der Waals surface area contributed by atoms with Gasteiger partial charge in [-0.15, -0.1) is 0 Å². The van der Waals surface area contributed by atoms with E-state index in [1.807, 2.05) is 0 Å². The van der Waals surface area contributed by atoms with Crippen molar-refractivity contribution >= 4 is 16.9 Å². The van der Waals surface area contributed by atoms with Crippen LogP contribution in [0.3, 0.4) is 0 Å². The quantitative estimate of drug-likeness (QED) is 0.587. The van der Waals surface area contributed by atoms with Crippen LogP contribution in [0.4, 0.5) is 5.69 Å². The van der Waals surface area contributed by atoms with Crippen LogP contribution in [0.1, 0.15) is 13.2 Å². The molecule has 0 amide bonds. The van der Waals surface area contributed by atoms with Gasteiger partial charge in [0, 0.05) is 12.1 Å². The molecule has 3 rings (SSSR count). The van der Waals surface area contributed by atoms with Crippen LogP contribution in [-0.4, -0.2) is 54.8 Å². The molecule has 3 atom stereocenters. The van der Waals surface area contributed by atoms with Gasteiger partial charge in [-0.1, -0.05) is 6.92 Å². The molecule has 0 saturated carbocycles. The Morgan fingerprint density at radius 2 is 2.10 bits per heavy atom. The Balaban J connectivity index is 2.06. The molecule has 0 spiro atoms. The third-order valence-electron chi connectivity index (χ3n) is 4.14. The summed E-state index contributed by atoms with van der Waals surface area (Å²) in [5.41, 5.74) is 6.04. The van der Waals surface area contributed by atoms with E-state index in [4.69, 9.17) is 10.5 Å². The Bertz CT molecular complexity index is 655. The Morgan fingerprint density at radius 3 is 2.71 bits per heavy atom. The number of imidazole rings is 1. The topological polar surface area (TPSA) is 127 Å². The zero-order valence-corrected chi connectivity index (χ0v) is 11.5. The number of ether oxygens (including phenoxy) is 1.